The number of alkyl halides is 2. The molecular weight excluding hydrogens is 434 g/mol. The minimum absolute atomic E-state index is 0.230. The molecule has 0 radical (unpaired) electrons. The van der Waals surface area contributed by atoms with E-state index in [1.54, 1.807) is 76.4 Å². The quantitative estimate of drug-likeness (QED) is 0.424. The molecule has 0 aliphatic carbocycles. The van der Waals surface area contributed by atoms with Crippen LogP contribution < -0.4 is 14.8 Å². The zero-order valence-electron chi connectivity index (χ0n) is 18.9. The van der Waals surface area contributed by atoms with E-state index in [0.29, 0.717) is 28.3 Å². The topological polar surface area (TPSA) is 82.8 Å². The number of hydrogen-bond donors (Lipinski definition) is 1. The lowest BCUT2D eigenvalue weighted by Crippen LogP contribution is -2.34. The Morgan fingerprint density at radius 1 is 1.03 bits per heavy atom. The number of aromatic nitrogens is 1. The maximum Gasteiger partial charge on any atom is 0.407 e. The summed E-state index contributed by atoms with van der Waals surface area (Å²) in [4.78, 5) is 15.6. The number of methoxy groups -OCH3 is 1. The van der Waals surface area contributed by atoms with E-state index in [0.717, 1.165) is 0 Å². The van der Waals surface area contributed by atoms with Crippen LogP contribution >= 0.6 is 0 Å². The van der Waals surface area contributed by atoms with E-state index in [1.165, 1.54) is 0 Å². The molecule has 0 fully saturated rings. The van der Waals surface area contributed by atoms with Gasteiger partial charge in [0, 0.05) is 11.1 Å². The molecule has 0 saturated heterocycles. The SMILES string of the molecule is COc1ccc(-c2nc(C(F)F)oc2-c2ccc(OCCNC(=O)OC(C)(C)C)cc2)cc1. The summed E-state index contributed by atoms with van der Waals surface area (Å²) in [6.45, 7) is 5.84. The van der Waals surface area contributed by atoms with E-state index in [4.69, 9.17) is 18.6 Å². The fraction of sp³-hybridized carbons (Fsp3) is 0.333. The highest BCUT2D eigenvalue weighted by Crippen LogP contribution is 2.36. The second kappa shape index (κ2) is 10.3. The summed E-state index contributed by atoms with van der Waals surface area (Å²) in [5.41, 5.74) is 0.925. The lowest BCUT2D eigenvalue weighted by atomic mass is 10.1. The van der Waals surface area contributed by atoms with Gasteiger partial charge in [-0.15, -0.1) is 0 Å². The Morgan fingerprint density at radius 2 is 1.64 bits per heavy atom. The number of carbonyl (C=O) groups excluding carboxylic acids is 1. The van der Waals surface area contributed by atoms with Crippen molar-refractivity contribution >= 4 is 6.09 Å². The number of rotatable bonds is 8. The van der Waals surface area contributed by atoms with Crippen LogP contribution in [0, 0.1) is 0 Å². The predicted octanol–water partition coefficient (Wildman–Crippen LogP) is 5.86. The molecule has 3 rings (SSSR count). The summed E-state index contributed by atoms with van der Waals surface area (Å²) in [6, 6.07) is 13.7. The normalized spacial score (nSPS) is 11.4. The monoisotopic (exact) mass is 460 g/mol. The number of alkyl carbamates (subject to hydrolysis) is 1. The van der Waals surface area contributed by atoms with E-state index in [1.807, 2.05) is 0 Å². The van der Waals surface area contributed by atoms with E-state index in [9.17, 15) is 13.6 Å². The van der Waals surface area contributed by atoms with Crippen LogP contribution in [0.25, 0.3) is 22.6 Å². The van der Waals surface area contributed by atoms with Gasteiger partial charge in [0.15, 0.2) is 5.76 Å². The van der Waals surface area contributed by atoms with E-state index < -0.39 is 24.0 Å². The Hall–Kier alpha value is -3.62. The van der Waals surface area contributed by atoms with E-state index in [2.05, 4.69) is 10.3 Å². The highest BCUT2D eigenvalue weighted by atomic mass is 19.3. The van der Waals surface area contributed by atoms with Crippen molar-refractivity contribution in [2.75, 3.05) is 20.3 Å². The maximum atomic E-state index is 13.3. The first-order valence-corrected chi connectivity index (χ1v) is 10.3. The zero-order chi connectivity index (χ0) is 24.0. The molecule has 0 aliphatic heterocycles. The molecule has 0 saturated carbocycles. The highest BCUT2D eigenvalue weighted by molar-refractivity contribution is 5.77. The molecule has 0 unspecified atom stereocenters. The fourth-order valence-electron chi connectivity index (χ4n) is 2.91. The molecule has 1 heterocycles. The van der Waals surface area contributed by atoms with Crippen LogP contribution in [0.2, 0.25) is 0 Å². The molecule has 1 amide bonds. The van der Waals surface area contributed by atoms with Crippen molar-refractivity contribution in [2.24, 2.45) is 0 Å². The first-order valence-electron chi connectivity index (χ1n) is 10.3. The Labute approximate surface area is 190 Å². The molecule has 3 aromatic rings. The molecule has 176 valence electrons. The van der Waals surface area contributed by atoms with Crippen LogP contribution in [0.5, 0.6) is 11.5 Å². The molecule has 0 aliphatic rings. The van der Waals surface area contributed by atoms with Crippen molar-refractivity contribution in [3.05, 3.63) is 54.4 Å². The van der Waals surface area contributed by atoms with Gasteiger partial charge in [-0.3, -0.25) is 0 Å². The van der Waals surface area contributed by atoms with Gasteiger partial charge in [0.25, 0.3) is 5.89 Å². The summed E-state index contributed by atoms with van der Waals surface area (Å²) in [5.74, 6) is 0.767. The van der Waals surface area contributed by atoms with E-state index >= 15 is 0 Å². The van der Waals surface area contributed by atoms with Crippen LogP contribution in [0.15, 0.2) is 52.9 Å². The average molecular weight is 460 g/mol. The van der Waals surface area contributed by atoms with Gasteiger partial charge >= 0.3 is 12.5 Å². The summed E-state index contributed by atoms with van der Waals surface area (Å²) >= 11 is 0. The van der Waals surface area contributed by atoms with Crippen LogP contribution in [0.1, 0.15) is 33.1 Å². The molecule has 9 heteroatoms. The average Bonchev–Trinajstić information content (AvgIpc) is 3.22. The Morgan fingerprint density at radius 3 is 2.21 bits per heavy atom. The molecule has 0 spiro atoms. The van der Waals surface area contributed by atoms with Gasteiger partial charge in [-0.2, -0.15) is 8.78 Å². The largest absolute Gasteiger partial charge is 0.497 e. The standard InChI is InChI=1S/C24H26F2N2O5/c1-24(2,3)33-23(29)27-13-14-31-18-11-7-16(8-12-18)20-19(28-22(32-20)21(25)26)15-5-9-17(30-4)10-6-15/h5-12,21H,13-14H2,1-4H3,(H,27,29). The third-order valence-electron chi connectivity index (χ3n) is 4.35. The van der Waals surface area contributed by atoms with Gasteiger partial charge in [0.2, 0.25) is 0 Å². The summed E-state index contributed by atoms with van der Waals surface area (Å²) < 4.78 is 47.8. The lowest BCUT2D eigenvalue weighted by molar-refractivity contribution is 0.0520. The Balaban J connectivity index is 1.69. The molecule has 7 nitrogen and oxygen atoms in total. The van der Waals surface area contributed by atoms with Crippen molar-refractivity contribution in [3.8, 4) is 34.1 Å². The maximum absolute atomic E-state index is 13.3. The van der Waals surface area contributed by atoms with Gasteiger partial charge in [-0.25, -0.2) is 9.78 Å². The smallest absolute Gasteiger partial charge is 0.407 e. The number of hydrogen-bond acceptors (Lipinski definition) is 6. The van der Waals surface area contributed by atoms with Gasteiger partial charge in [-0.05, 0) is 69.3 Å². The van der Waals surface area contributed by atoms with Crippen molar-refractivity contribution in [2.45, 2.75) is 32.8 Å². The van der Waals surface area contributed by atoms with Crippen molar-refractivity contribution in [3.63, 3.8) is 0 Å². The molecular formula is C24H26F2N2O5. The number of ether oxygens (including phenoxy) is 3. The second-order valence-corrected chi connectivity index (χ2v) is 8.06. The summed E-state index contributed by atoms with van der Waals surface area (Å²) in [5, 5.41) is 2.60. The Kier molecular flexibility index (Phi) is 7.52. The number of halogens is 2. The van der Waals surface area contributed by atoms with Crippen LogP contribution in [-0.4, -0.2) is 36.9 Å². The summed E-state index contributed by atoms with van der Waals surface area (Å²) in [7, 11) is 1.54. The third-order valence-corrected chi connectivity index (χ3v) is 4.35. The number of oxazole rings is 1. The van der Waals surface area contributed by atoms with Crippen molar-refractivity contribution in [1.29, 1.82) is 0 Å². The third kappa shape index (κ3) is 6.68. The molecule has 2 aromatic carbocycles. The van der Waals surface area contributed by atoms with Gasteiger partial charge < -0.3 is 23.9 Å². The predicted molar refractivity (Wildman–Crippen MR) is 119 cm³/mol. The lowest BCUT2D eigenvalue weighted by Gasteiger charge is -2.19. The van der Waals surface area contributed by atoms with Crippen LogP contribution in [0.3, 0.4) is 0 Å². The van der Waals surface area contributed by atoms with Crippen LogP contribution in [0.4, 0.5) is 13.6 Å². The number of amides is 1. The molecule has 0 atom stereocenters. The van der Waals surface area contributed by atoms with Gasteiger partial charge in [-0.1, -0.05) is 0 Å². The fourth-order valence-corrected chi connectivity index (χ4v) is 2.91. The molecule has 1 aromatic heterocycles. The molecule has 0 bridgehead atoms. The van der Waals surface area contributed by atoms with Crippen molar-refractivity contribution in [1.82, 2.24) is 10.3 Å². The molecule has 1 N–H and O–H groups in total. The first-order chi connectivity index (χ1) is 15.7. The number of benzene rings is 2. The summed E-state index contributed by atoms with van der Waals surface area (Å²) in [6.07, 6.45) is -3.36. The molecule has 33 heavy (non-hydrogen) atoms. The first kappa shape index (κ1) is 24.0. The Bertz CT molecular complexity index is 1060. The highest BCUT2D eigenvalue weighted by Gasteiger charge is 2.22. The number of nitrogens with one attached hydrogen (secondary N) is 1. The van der Waals surface area contributed by atoms with Crippen LogP contribution in [-0.2, 0) is 4.74 Å². The minimum atomic E-state index is -2.84. The zero-order valence-corrected chi connectivity index (χ0v) is 18.9. The minimum Gasteiger partial charge on any atom is -0.497 e. The number of carbonyl (C=O) groups is 1. The van der Waals surface area contributed by atoms with Gasteiger partial charge in [0.05, 0.1) is 13.7 Å². The van der Waals surface area contributed by atoms with Crippen molar-refractivity contribution < 1.29 is 32.2 Å². The van der Waals surface area contributed by atoms with E-state index in [-0.39, 0.29) is 18.9 Å². The number of nitrogens with zero attached hydrogens (tertiary/aromatic N) is 1. The second-order valence-electron chi connectivity index (χ2n) is 8.06. The van der Waals surface area contributed by atoms with Gasteiger partial charge in [0.1, 0.15) is 29.4 Å².